The van der Waals surface area contributed by atoms with Gasteiger partial charge in [0.1, 0.15) is 16.5 Å². The lowest BCUT2D eigenvalue weighted by Crippen LogP contribution is -2.28. The van der Waals surface area contributed by atoms with Crippen molar-refractivity contribution in [2.24, 2.45) is 0 Å². The SMILES string of the molecule is COC(=O)/C(=C1\CCCCN1)S(=O)(=O)c1ccc(F)cc1F. The maximum absolute atomic E-state index is 13.8. The number of nitrogens with one attached hydrogen (secondary N) is 1. The normalized spacial score (nSPS) is 17.6. The summed E-state index contributed by atoms with van der Waals surface area (Å²) >= 11 is 0. The number of carbonyl (C=O) groups excluding carboxylic acids is 1. The van der Waals surface area contributed by atoms with Crippen LogP contribution in [-0.2, 0) is 19.4 Å². The second kappa shape index (κ2) is 6.43. The van der Waals surface area contributed by atoms with Crippen LogP contribution in [0.25, 0.3) is 0 Å². The van der Waals surface area contributed by atoms with E-state index in [2.05, 4.69) is 10.1 Å². The van der Waals surface area contributed by atoms with Crippen LogP contribution in [0.1, 0.15) is 19.3 Å². The number of benzene rings is 1. The highest BCUT2D eigenvalue weighted by Gasteiger charge is 2.34. The third-order valence-electron chi connectivity index (χ3n) is 3.29. The molecule has 0 unspecified atom stereocenters. The van der Waals surface area contributed by atoms with E-state index in [-0.39, 0.29) is 5.70 Å². The Morgan fingerprint density at radius 1 is 1.27 bits per heavy atom. The summed E-state index contributed by atoms with van der Waals surface area (Å²) in [5, 5.41) is 2.84. The largest absolute Gasteiger partial charge is 0.465 e. The highest BCUT2D eigenvalue weighted by Crippen LogP contribution is 2.28. The van der Waals surface area contributed by atoms with Crippen LogP contribution in [0.5, 0.6) is 0 Å². The number of carbonyl (C=O) groups is 1. The van der Waals surface area contributed by atoms with Crippen LogP contribution in [0.15, 0.2) is 33.7 Å². The zero-order valence-electron chi connectivity index (χ0n) is 11.9. The molecular weight excluding hydrogens is 316 g/mol. The van der Waals surface area contributed by atoms with Crippen molar-refractivity contribution in [1.82, 2.24) is 5.32 Å². The van der Waals surface area contributed by atoms with E-state index in [9.17, 15) is 22.0 Å². The molecule has 0 aliphatic carbocycles. The minimum atomic E-state index is -4.46. The van der Waals surface area contributed by atoms with Gasteiger partial charge in [-0.25, -0.2) is 22.0 Å². The van der Waals surface area contributed by atoms with Gasteiger partial charge in [-0.05, 0) is 31.4 Å². The lowest BCUT2D eigenvalue weighted by atomic mass is 10.1. The van der Waals surface area contributed by atoms with Crippen LogP contribution < -0.4 is 5.32 Å². The van der Waals surface area contributed by atoms with E-state index in [4.69, 9.17) is 0 Å². The first-order valence-electron chi connectivity index (χ1n) is 6.63. The van der Waals surface area contributed by atoms with Crippen molar-refractivity contribution >= 4 is 15.8 Å². The Bertz CT molecular complexity index is 720. The molecule has 0 spiro atoms. The molecule has 5 nitrogen and oxygen atoms in total. The van der Waals surface area contributed by atoms with Gasteiger partial charge in [0.05, 0.1) is 7.11 Å². The molecule has 0 aromatic heterocycles. The summed E-state index contributed by atoms with van der Waals surface area (Å²) in [6, 6.07) is 2.08. The molecule has 0 radical (unpaired) electrons. The molecule has 1 aromatic rings. The molecule has 1 aromatic carbocycles. The summed E-state index contributed by atoms with van der Waals surface area (Å²) in [7, 11) is -3.41. The Kier molecular flexibility index (Phi) is 4.80. The third kappa shape index (κ3) is 3.11. The number of hydrogen-bond donors (Lipinski definition) is 1. The molecule has 1 heterocycles. The topological polar surface area (TPSA) is 72.5 Å². The van der Waals surface area contributed by atoms with Crippen molar-refractivity contribution in [2.45, 2.75) is 24.2 Å². The number of ether oxygens (including phenoxy) is 1. The van der Waals surface area contributed by atoms with Gasteiger partial charge in [0, 0.05) is 18.3 Å². The van der Waals surface area contributed by atoms with Crippen LogP contribution in [0.4, 0.5) is 8.78 Å². The number of halogens is 2. The maximum Gasteiger partial charge on any atom is 0.351 e. The average molecular weight is 331 g/mol. The second-order valence-corrected chi connectivity index (χ2v) is 6.62. The number of methoxy groups -OCH3 is 1. The van der Waals surface area contributed by atoms with E-state index in [0.29, 0.717) is 25.5 Å². The molecule has 8 heteroatoms. The summed E-state index contributed by atoms with van der Waals surface area (Å²) < 4.78 is 56.5. The molecule has 22 heavy (non-hydrogen) atoms. The van der Waals surface area contributed by atoms with E-state index in [1.54, 1.807) is 0 Å². The molecule has 1 aliphatic rings. The molecule has 0 amide bonds. The van der Waals surface area contributed by atoms with E-state index < -0.39 is 37.2 Å². The van der Waals surface area contributed by atoms with Crippen LogP contribution in [0, 0.1) is 11.6 Å². The van der Waals surface area contributed by atoms with E-state index in [1.807, 2.05) is 0 Å². The minimum absolute atomic E-state index is 0.196. The van der Waals surface area contributed by atoms with Crippen LogP contribution in [-0.4, -0.2) is 28.0 Å². The predicted octanol–water partition coefficient (Wildman–Crippen LogP) is 1.90. The molecule has 0 atom stereocenters. The standard InChI is InChI=1S/C14H15F2NO4S/c1-21-14(18)13(11-4-2-3-7-17-11)22(19,20)12-6-5-9(15)8-10(12)16/h5-6,8,17H,2-4,7H2,1H3/b13-11-. The maximum atomic E-state index is 13.8. The smallest absolute Gasteiger partial charge is 0.351 e. The zero-order valence-corrected chi connectivity index (χ0v) is 12.7. The van der Waals surface area contributed by atoms with Crippen molar-refractivity contribution in [1.29, 1.82) is 0 Å². The molecule has 1 N–H and O–H groups in total. The lowest BCUT2D eigenvalue weighted by molar-refractivity contribution is -0.135. The van der Waals surface area contributed by atoms with Crippen molar-refractivity contribution in [3.8, 4) is 0 Å². The quantitative estimate of drug-likeness (QED) is 0.520. The Morgan fingerprint density at radius 2 is 2.00 bits per heavy atom. The molecule has 0 bridgehead atoms. The van der Waals surface area contributed by atoms with Crippen molar-refractivity contribution in [3.05, 3.63) is 40.4 Å². The summed E-state index contributed by atoms with van der Waals surface area (Å²) in [5.41, 5.74) is 0.196. The molecule has 1 saturated heterocycles. The van der Waals surface area contributed by atoms with Crippen molar-refractivity contribution in [2.75, 3.05) is 13.7 Å². The van der Waals surface area contributed by atoms with Gasteiger partial charge < -0.3 is 10.1 Å². The summed E-state index contributed by atoms with van der Waals surface area (Å²) in [4.78, 5) is 10.5. The van der Waals surface area contributed by atoms with Gasteiger partial charge in [-0.15, -0.1) is 0 Å². The fraction of sp³-hybridized carbons (Fsp3) is 0.357. The first-order valence-corrected chi connectivity index (χ1v) is 8.11. The molecule has 1 fully saturated rings. The number of sulfone groups is 1. The molecular formula is C14H15F2NO4S. The summed E-state index contributed by atoms with van der Waals surface area (Å²) in [5.74, 6) is -3.23. The van der Waals surface area contributed by atoms with Crippen molar-refractivity contribution < 1.29 is 26.7 Å². The van der Waals surface area contributed by atoms with Gasteiger partial charge in [-0.1, -0.05) is 0 Å². The Balaban J connectivity index is 2.62. The Hall–Kier alpha value is -1.96. The summed E-state index contributed by atoms with van der Waals surface area (Å²) in [6.45, 7) is 0.511. The number of hydrogen-bond acceptors (Lipinski definition) is 5. The van der Waals surface area contributed by atoms with E-state index in [1.165, 1.54) is 0 Å². The van der Waals surface area contributed by atoms with Crippen LogP contribution in [0.2, 0.25) is 0 Å². The monoisotopic (exact) mass is 331 g/mol. The first-order chi connectivity index (χ1) is 10.4. The number of piperidine rings is 1. The fourth-order valence-corrected chi connectivity index (χ4v) is 3.82. The molecule has 1 aliphatic heterocycles. The van der Waals surface area contributed by atoms with Gasteiger partial charge in [-0.2, -0.15) is 0 Å². The summed E-state index contributed by atoms with van der Waals surface area (Å²) in [6.07, 6.45) is 1.87. The van der Waals surface area contributed by atoms with Gasteiger partial charge in [0.25, 0.3) is 0 Å². The van der Waals surface area contributed by atoms with Gasteiger partial charge in [0.2, 0.25) is 9.84 Å². The minimum Gasteiger partial charge on any atom is -0.465 e. The highest BCUT2D eigenvalue weighted by molar-refractivity contribution is 7.96. The van der Waals surface area contributed by atoms with Crippen LogP contribution in [0.3, 0.4) is 0 Å². The molecule has 2 rings (SSSR count). The lowest BCUT2D eigenvalue weighted by Gasteiger charge is -2.20. The number of allylic oxidation sites excluding steroid dienone is 1. The Labute approximate surface area is 126 Å². The number of esters is 1. The zero-order chi connectivity index (χ0) is 16.3. The molecule has 120 valence electrons. The first kappa shape index (κ1) is 16.4. The van der Waals surface area contributed by atoms with Gasteiger partial charge >= 0.3 is 5.97 Å². The van der Waals surface area contributed by atoms with E-state index >= 15 is 0 Å². The Morgan fingerprint density at radius 3 is 2.55 bits per heavy atom. The fourth-order valence-electron chi connectivity index (χ4n) is 2.24. The number of rotatable bonds is 3. The third-order valence-corrected chi connectivity index (χ3v) is 5.15. The van der Waals surface area contributed by atoms with E-state index in [0.717, 1.165) is 25.7 Å². The van der Waals surface area contributed by atoms with Gasteiger partial charge in [0.15, 0.2) is 4.91 Å². The van der Waals surface area contributed by atoms with Crippen molar-refractivity contribution in [3.63, 3.8) is 0 Å². The van der Waals surface area contributed by atoms with Gasteiger partial charge in [-0.3, -0.25) is 0 Å². The average Bonchev–Trinajstić information content (AvgIpc) is 2.47. The second-order valence-electron chi connectivity index (χ2n) is 4.76. The van der Waals surface area contributed by atoms with Crippen LogP contribution >= 0.6 is 0 Å². The highest BCUT2D eigenvalue weighted by atomic mass is 32.2. The molecule has 0 saturated carbocycles. The predicted molar refractivity (Wildman–Crippen MR) is 74.4 cm³/mol.